The van der Waals surface area contributed by atoms with Crippen molar-refractivity contribution in [2.24, 2.45) is 5.73 Å². The van der Waals surface area contributed by atoms with Crippen LogP contribution in [-0.2, 0) is 0 Å². The Kier molecular flexibility index (Phi) is 2.62. The van der Waals surface area contributed by atoms with Gasteiger partial charge in [-0.3, -0.25) is 0 Å². The molecule has 0 saturated carbocycles. The van der Waals surface area contributed by atoms with Gasteiger partial charge in [-0.15, -0.1) is 0 Å². The van der Waals surface area contributed by atoms with E-state index < -0.39 is 0 Å². The Morgan fingerprint density at radius 1 is 1.82 bits per heavy atom. The monoisotopic (exact) mass is 156 g/mol. The maximum absolute atomic E-state index is 8.56. The molecule has 1 aromatic rings. The van der Waals surface area contributed by atoms with Crippen LogP contribution in [0.1, 0.15) is 23.9 Å². The van der Waals surface area contributed by atoms with Crippen LogP contribution in [0.3, 0.4) is 0 Å². The van der Waals surface area contributed by atoms with Crippen LogP contribution >= 0.6 is 0 Å². The molecule has 62 valence electrons. The van der Waals surface area contributed by atoms with Crippen molar-refractivity contribution >= 4 is 0 Å². The van der Waals surface area contributed by atoms with Gasteiger partial charge in [-0.05, 0) is 13.3 Å². The van der Waals surface area contributed by atoms with Crippen molar-refractivity contribution < 1.29 is 9.63 Å². The number of aromatic nitrogens is 1. The highest BCUT2D eigenvalue weighted by molar-refractivity contribution is 5.06. The molecule has 0 bridgehead atoms. The second-order valence-corrected chi connectivity index (χ2v) is 2.49. The molecule has 1 atom stereocenters. The molecule has 0 radical (unpaired) electrons. The number of nitrogens with zero attached hydrogens (tertiary/aromatic N) is 1. The Balaban J connectivity index is 2.60. The molecule has 11 heavy (non-hydrogen) atoms. The van der Waals surface area contributed by atoms with Crippen LogP contribution < -0.4 is 5.73 Å². The average molecular weight is 156 g/mol. The zero-order chi connectivity index (χ0) is 8.27. The zero-order valence-electron chi connectivity index (χ0n) is 6.45. The minimum Gasteiger partial charge on any atom is -0.396 e. The van der Waals surface area contributed by atoms with Crippen LogP contribution in [0.4, 0.5) is 0 Å². The number of aliphatic hydroxyl groups is 1. The third-order valence-corrected chi connectivity index (χ3v) is 1.45. The summed E-state index contributed by atoms with van der Waals surface area (Å²) in [5.41, 5.74) is 6.44. The van der Waals surface area contributed by atoms with Gasteiger partial charge in [-0.2, -0.15) is 0 Å². The fraction of sp³-hybridized carbons (Fsp3) is 0.571. The van der Waals surface area contributed by atoms with Gasteiger partial charge in [-0.1, -0.05) is 5.16 Å². The Labute approximate surface area is 65.0 Å². The van der Waals surface area contributed by atoms with Crippen LogP contribution in [0.5, 0.6) is 0 Å². The van der Waals surface area contributed by atoms with Crippen LogP contribution in [0.15, 0.2) is 10.6 Å². The summed E-state index contributed by atoms with van der Waals surface area (Å²) in [7, 11) is 0. The Hall–Kier alpha value is -0.870. The Morgan fingerprint density at radius 3 is 3.00 bits per heavy atom. The van der Waals surface area contributed by atoms with Gasteiger partial charge in [0, 0.05) is 12.7 Å². The number of rotatable bonds is 3. The third kappa shape index (κ3) is 2.03. The van der Waals surface area contributed by atoms with E-state index in [-0.39, 0.29) is 12.6 Å². The normalized spacial score (nSPS) is 13.4. The molecule has 0 aliphatic carbocycles. The zero-order valence-corrected chi connectivity index (χ0v) is 6.45. The fourth-order valence-corrected chi connectivity index (χ4v) is 0.839. The van der Waals surface area contributed by atoms with E-state index in [1.807, 2.05) is 6.92 Å². The lowest BCUT2D eigenvalue weighted by Gasteiger charge is -2.02. The Morgan fingerprint density at radius 2 is 2.55 bits per heavy atom. The lowest BCUT2D eigenvalue weighted by Crippen LogP contribution is -2.10. The van der Waals surface area contributed by atoms with E-state index in [0.29, 0.717) is 12.2 Å². The molecule has 3 N–H and O–H groups in total. The lowest BCUT2D eigenvalue weighted by molar-refractivity contribution is 0.261. The second-order valence-electron chi connectivity index (χ2n) is 2.49. The smallest absolute Gasteiger partial charge is 0.153 e. The predicted octanol–water partition coefficient (Wildman–Crippen LogP) is 0.365. The van der Waals surface area contributed by atoms with E-state index >= 15 is 0 Å². The number of aliphatic hydroxyl groups excluding tert-OH is 1. The summed E-state index contributed by atoms with van der Waals surface area (Å²) in [6.45, 7) is 1.90. The summed E-state index contributed by atoms with van der Waals surface area (Å²) in [6.07, 6.45) is 0.509. The maximum atomic E-state index is 8.56. The molecule has 0 amide bonds. The maximum Gasteiger partial charge on any atom is 0.153 e. The summed E-state index contributed by atoms with van der Waals surface area (Å²) in [4.78, 5) is 0. The van der Waals surface area contributed by atoms with Gasteiger partial charge in [-0.25, -0.2) is 0 Å². The standard InChI is InChI=1S/C7H12N2O2/c1-5-4-7(11-9-5)6(8)2-3-10/h4,6,10H,2-3,8H2,1H3. The van der Waals surface area contributed by atoms with Gasteiger partial charge in [0.05, 0.1) is 11.7 Å². The van der Waals surface area contributed by atoms with E-state index in [1.54, 1.807) is 6.07 Å². The molecule has 0 saturated heterocycles. The van der Waals surface area contributed by atoms with Crippen molar-refractivity contribution in [3.05, 3.63) is 17.5 Å². The SMILES string of the molecule is Cc1cc(C(N)CCO)on1. The van der Waals surface area contributed by atoms with E-state index in [1.165, 1.54) is 0 Å². The van der Waals surface area contributed by atoms with Crippen LogP contribution in [-0.4, -0.2) is 16.9 Å². The predicted molar refractivity (Wildman–Crippen MR) is 39.9 cm³/mol. The van der Waals surface area contributed by atoms with Crippen LogP contribution in [0.25, 0.3) is 0 Å². The van der Waals surface area contributed by atoms with Crippen molar-refractivity contribution in [2.75, 3.05) is 6.61 Å². The number of hydrogen-bond donors (Lipinski definition) is 2. The second kappa shape index (κ2) is 3.50. The highest BCUT2D eigenvalue weighted by Gasteiger charge is 2.09. The molecular weight excluding hydrogens is 144 g/mol. The molecule has 0 aliphatic rings. The van der Waals surface area contributed by atoms with E-state index in [0.717, 1.165) is 5.69 Å². The first kappa shape index (κ1) is 8.23. The molecule has 4 nitrogen and oxygen atoms in total. The molecule has 4 heteroatoms. The van der Waals surface area contributed by atoms with Gasteiger partial charge in [0.25, 0.3) is 0 Å². The minimum atomic E-state index is -0.235. The van der Waals surface area contributed by atoms with Crippen LogP contribution in [0.2, 0.25) is 0 Å². The highest BCUT2D eigenvalue weighted by Crippen LogP contribution is 2.13. The molecule has 0 spiro atoms. The molecule has 1 aromatic heterocycles. The number of nitrogens with two attached hydrogens (primary N) is 1. The Bertz CT molecular complexity index is 222. The van der Waals surface area contributed by atoms with E-state index in [2.05, 4.69) is 5.16 Å². The molecule has 0 aliphatic heterocycles. The van der Waals surface area contributed by atoms with E-state index in [4.69, 9.17) is 15.4 Å². The van der Waals surface area contributed by atoms with Crippen molar-refractivity contribution in [3.8, 4) is 0 Å². The quantitative estimate of drug-likeness (QED) is 0.663. The molecule has 0 fully saturated rings. The van der Waals surface area contributed by atoms with Gasteiger partial charge in [0.15, 0.2) is 5.76 Å². The minimum absolute atomic E-state index is 0.0704. The molecule has 0 aromatic carbocycles. The highest BCUT2D eigenvalue weighted by atomic mass is 16.5. The number of aryl methyl sites for hydroxylation is 1. The molecule has 1 heterocycles. The average Bonchev–Trinajstić information content (AvgIpc) is 2.36. The fourth-order valence-electron chi connectivity index (χ4n) is 0.839. The first-order chi connectivity index (χ1) is 5.24. The summed E-state index contributed by atoms with van der Waals surface area (Å²) < 4.78 is 4.89. The molecular formula is C7H12N2O2. The van der Waals surface area contributed by atoms with Crippen molar-refractivity contribution in [1.29, 1.82) is 0 Å². The summed E-state index contributed by atoms with van der Waals surface area (Å²) in [6, 6.07) is 1.54. The first-order valence-electron chi connectivity index (χ1n) is 3.53. The largest absolute Gasteiger partial charge is 0.396 e. The van der Waals surface area contributed by atoms with Crippen molar-refractivity contribution in [1.82, 2.24) is 5.16 Å². The number of hydrogen-bond acceptors (Lipinski definition) is 4. The van der Waals surface area contributed by atoms with Gasteiger partial charge in [0.1, 0.15) is 0 Å². The van der Waals surface area contributed by atoms with Crippen molar-refractivity contribution in [3.63, 3.8) is 0 Å². The van der Waals surface area contributed by atoms with Gasteiger partial charge in [0.2, 0.25) is 0 Å². The topological polar surface area (TPSA) is 72.3 Å². The van der Waals surface area contributed by atoms with E-state index in [9.17, 15) is 0 Å². The summed E-state index contributed by atoms with van der Waals surface area (Å²) in [5, 5.41) is 12.2. The summed E-state index contributed by atoms with van der Waals surface area (Å²) >= 11 is 0. The van der Waals surface area contributed by atoms with Crippen molar-refractivity contribution in [2.45, 2.75) is 19.4 Å². The first-order valence-corrected chi connectivity index (χ1v) is 3.53. The van der Waals surface area contributed by atoms with Gasteiger partial charge >= 0.3 is 0 Å². The third-order valence-electron chi connectivity index (χ3n) is 1.45. The molecule has 1 rings (SSSR count). The molecule has 1 unspecified atom stereocenters. The van der Waals surface area contributed by atoms with Gasteiger partial charge < -0.3 is 15.4 Å². The lowest BCUT2D eigenvalue weighted by atomic mass is 10.2. The van der Waals surface area contributed by atoms with Crippen LogP contribution in [0, 0.1) is 6.92 Å². The summed E-state index contributed by atoms with van der Waals surface area (Å²) in [5.74, 6) is 0.636.